The minimum absolute atomic E-state index is 0.0261. The topological polar surface area (TPSA) is 85.4 Å². The van der Waals surface area contributed by atoms with Gasteiger partial charge in [0.25, 0.3) is 11.8 Å². The van der Waals surface area contributed by atoms with Gasteiger partial charge in [-0.15, -0.1) is 0 Å². The van der Waals surface area contributed by atoms with Crippen molar-refractivity contribution in [2.45, 2.75) is 69.6 Å². The normalized spacial score (nSPS) is 24.4. The van der Waals surface area contributed by atoms with Crippen LogP contribution < -0.4 is 20.1 Å². The number of urea groups is 1. The van der Waals surface area contributed by atoms with E-state index in [-0.39, 0.29) is 18.2 Å². The SMILES string of the molecule is COc1nccnc1OC1CCC(NC(=O)NC2CCCC2)CC1. The zero-order chi connectivity index (χ0) is 16.8. The number of carbonyl (C=O) groups is 1. The van der Waals surface area contributed by atoms with Crippen LogP contribution in [0.15, 0.2) is 12.4 Å². The second-order valence-corrected chi connectivity index (χ2v) is 6.56. The average Bonchev–Trinajstić information content (AvgIpc) is 3.10. The lowest BCUT2D eigenvalue weighted by Crippen LogP contribution is -2.47. The maximum absolute atomic E-state index is 12.0. The Balaban J connectivity index is 1.41. The minimum atomic E-state index is -0.0261. The van der Waals surface area contributed by atoms with Crippen LogP contribution in [0.1, 0.15) is 51.4 Å². The van der Waals surface area contributed by atoms with Crippen LogP contribution in [0.5, 0.6) is 11.8 Å². The summed E-state index contributed by atoms with van der Waals surface area (Å²) >= 11 is 0. The van der Waals surface area contributed by atoms with E-state index < -0.39 is 0 Å². The lowest BCUT2D eigenvalue weighted by Gasteiger charge is -2.29. The number of hydrogen-bond acceptors (Lipinski definition) is 5. The molecule has 2 aliphatic carbocycles. The molecule has 1 heterocycles. The molecule has 0 saturated heterocycles. The summed E-state index contributed by atoms with van der Waals surface area (Å²) < 4.78 is 11.1. The number of hydrogen-bond donors (Lipinski definition) is 2. The van der Waals surface area contributed by atoms with Gasteiger partial charge in [0.05, 0.1) is 7.11 Å². The summed E-state index contributed by atoms with van der Waals surface area (Å²) in [5, 5.41) is 6.17. The van der Waals surface area contributed by atoms with Crippen LogP contribution in [0, 0.1) is 0 Å². The molecule has 3 rings (SSSR count). The Morgan fingerprint density at radius 1 is 0.958 bits per heavy atom. The van der Waals surface area contributed by atoms with E-state index in [9.17, 15) is 4.79 Å². The minimum Gasteiger partial charge on any atom is -0.477 e. The van der Waals surface area contributed by atoms with Crippen LogP contribution in [0.3, 0.4) is 0 Å². The second-order valence-electron chi connectivity index (χ2n) is 6.56. The predicted octanol–water partition coefficient (Wildman–Crippen LogP) is 2.42. The Labute approximate surface area is 142 Å². The van der Waals surface area contributed by atoms with E-state index in [0.717, 1.165) is 38.5 Å². The molecule has 0 radical (unpaired) electrons. The molecule has 7 nitrogen and oxygen atoms in total. The molecule has 0 aromatic carbocycles. The number of ether oxygens (including phenoxy) is 2. The van der Waals surface area contributed by atoms with E-state index in [1.807, 2.05) is 0 Å². The maximum atomic E-state index is 12.0. The molecule has 0 bridgehead atoms. The van der Waals surface area contributed by atoms with E-state index in [0.29, 0.717) is 17.8 Å². The summed E-state index contributed by atoms with van der Waals surface area (Å²) in [6.45, 7) is 0. The van der Waals surface area contributed by atoms with Gasteiger partial charge in [0.1, 0.15) is 6.10 Å². The van der Waals surface area contributed by atoms with E-state index >= 15 is 0 Å². The van der Waals surface area contributed by atoms with Gasteiger partial charge in [-0.05, 0) is 38.5 Å². The molecule has 2 saturated carbocycles. The first kappa shape index (κ1) is 16.8. The van der Waals surface area contributed by atoms with Crippen molar-refractivity contribution in [2.75, 3.05) is 7.11 Å². The maximum Gasteiger partial charge on any atom is 0.315 e. The first-order valence-electron chi connectivity index (χ1n) is 8.83. The highest BCUT2D eigenvalue weighted by Crippen LogP contribution is 2.27. The lowest BCUT2D eigenvalue weighted by atomic mass is 9.93. The molecule has 0 unspecified atom stereocenters. The molecule has 0 aliphatic heterocycles. The zero-order valence-corrected chi connectivity index (χ0v) is 14.2. The van der Waals surface area contributed by atoms with Gasteiger partial charge in [0, 0.05) is 24.5 Å². The van der Waals surface area contributed by atoms with Crippen molar-refractivity contribution in [1.82, 2.24) is 20.6 Å². The van der Waals surface area contributed by atoms with Gasteiger partial charge < -0.3 is 20.1 Å². The van der Waals surface area contributed by atoms with Gasteiger partial charge in [-0.2, -0.15) is 0 Å². The second kappa shape index (κ2) is 8.17. The Kier molecular flexibility index (Phi) is 5.72. The summed E-state index contributed by atoms with van der Waals surface area (Å²) in [4.78, 5) is 20.3. The van der Waals surface area contributed by atoms with E-state index in [4.69, 9.17) is 9.47 Å². The van der Waals surface area contributed by atoms with Gasteiger partial charge in [-0.25, -0.2) is 14.8 Å². The molecule has 24 heavy (non-hydrogen) atoms. The van der Waals surface area contributed by atoms with Crippen LogP contribution in [0.25, 0.3) is 0 Å². The summed E-state index contributed by atoms with van der Waals surface area (Å²) in [7, 11) is 1.56. The van der Waals surface area contributed by atoms with Crippen LogP contribution >= 0.6 is 0 Å². The van der Waals surface area contributed by atoms with Crippen molar-refractivity contribution < 1.29 is 14.3 Å². The lowest BCUT2D eigenvalue weighted by molar-refractivity contribution is 0.128. The van der Waals surface area contributed by atoms with Crippen LogP contribution in [0.2, 0.25) is 0 Å². The molecule has 2 fully saturated rings. The van der Waals surface area contributed by atoms with Gasteiger partial charge in [-0.1, -0.05) is 12.8 Å². The smallest absolute Gasteiger partial charge is 0.315 e. The Bertz CT molecular complexity index is 540. The fourth-order valence-electron chi connectivity index (χ4n) is 3.50. The Morgan fingerprint density at radius 2 is 1.54 bits per heavy atom. The number of methoxy groups -OCH3 is 1. The fraction of sp³-hybridized carbons (Fsp3) is 0.706. The monoisotopic (exact) mass is 334 g/mol. The third kappa shape index (κ3) is 4.49. The van der Waals surface area contributed by atoms with E-state index in [1.54, 1.807) is 19.5 Å². The summed E-state index contributed by atoms with van der Waals surface area (Å²) in [6.07, 6.45) is 11.5. The molecule has 0 atom stereocenters. The number of nitrogens with one attached hydrogen (secondary N) is 2. The summed E-state index contributed by atoms with van der Waals surface area (Å²) in [5.74, 6) is 0.851. The van der Waals surface area contributed by atoms with Crippen LogP contribution in [-0.2, 0) is 0 Å². The Morgan fingerprint density at radius 3 is 2.17 bits per heavy atom. The third-order valence-electron chi connectivity index (χ3n) is 4.80. The highest BCUT2D eigenvalue weighted by atomic mass is 16.5. The van der Waals surface area contributed by atoms with Crippen LogP contribution in [-0.4, -0.2) is 41.3 Å². The highest BCUT2D eigenvalue weighted by molar-refractivity contribution is 5.74. The standard InChI is InChI=1S/C17H26N4O3/c1-23-15-16(19-11-10-18-15)24-14-8-6-13(7-9-14)21-17(22)20-12-4-2-3-5-12/h10-14H,2-9H2,1H3,(H2,20,21,22). The number of amides is 2. The molecule has 1 aromatic rings. The molecule has 2 amide bonds. The predicted molar refractivity (Wildman–Crippen MR) is 89.2 cm³/mol. The number of nitrogens with zero attached hydrogens (tertiary/aromatic N) is 2. The third-order valence-corrected chi connectivity index (χ3v) is 4.80. The zero-order valence-electron chi connectivity index (χ0n) is 14.2. The molecule has 0 spiro atoms. The van der Waals surface area contributed by atoms with E-state index in [1.165, 1.54) is 12.8 Å². The number of carbonyl (C=O) groups excluding carboxylic acids is 1. The number of rotatable bonds is 5. The summed E-state index contributed by atoms with van der Waals surface area (Å²) in [6, 6.07) is 0.547. The van der Waals surface area contributed by atoms with Gasteiger partial charge >= 0.3 is 6.03 Å². The average molecular weight is 334 g/mol. The molecule has 2 N–H and O–H groups in total. The highest BCUT2D eigenvalue weighted by Gasteiger charge is 2.26. The molecular formula is C17H26N4O3. The molecular weight excluding hydrogens is 308 g/mol. The first-order chi connectivity index (χ1) is 11.7. The van der Waals surface area contributed by atoms with Crippen molar-refractivity contribution in [2.24, 2.45) is 0 Å². The fourth-order valence-corrected chi connectivity index (χ4v) is 3.50. The molecule has 132 valence electrons. The molecule has 7 heteroatoms. The van der Waals surface area contributed by atoms with Crippen molar-refractivity contribution >= 4 is 6.03 Å². The first-order valence-corrected chi connectivity index (χ1v) is 8.83. The van der Waals surface area contributed by atoms with E-state index in [2.05, 4.69) is 20.6 Å². The van der Waals surface area contributed by atoms with Crippen molar-refractivity contribution in [3.63, 3.8) is 0 Å². The van der Waals surface area contributed by atoms with Gasteiger partial charge in [0.2, 0.25) is 0 Å². The molecule has 1 aromatic heterocycles. The van der Waals surface area contributed by atoms with Crippen molar-refractivity contribution in [3.8, 4) is 11.8 Å². The Hall–Kier alpha value is -2.05. The molecule has 2 aliphatic rings. The van der Waals surface area contributed by atoms with Gasteiger partial charge in [-0.3, -0.25) is 0 Å². The van der Waals surface area contributed by atoms with Gasteiger partial charge in [0.15, 0.2) is 0 Å². The van der Waals surface area contributed by atoms with Crippen molar-refractivity contribution in [1.29, 1.82) is 0 Å². The van der Waals surface area contributed by atoms with Crippen LogP contribution in [0.4, 0.5) is 4.79 Å². The number of aromatic nitrogens is 2. The largest absolute Gasteiger partial charge is 0.477 e. The summed E-state index contributed by atoms with van der Waals surface area (Å²) in [5.41, 5.74) is 0. The van der Waals surface area contributed by atoms with Crippen molar-refractivity contribution in [3.05, 3.63) is 12.4 Å². The quantitative estimate of drug-likeness (QED) is 0.864.